The molecule has 0 aliphatic carbocycles. The van der Waals surface area contributed by atoms with Gasteiger partial charge in [0, 0.05) is 39.3 Å². The molecule has 0 atom stereocenters. The number of aromatic nitrogens is 4. The second-order valence-corrected chi connectivity index (χ2v) is 7.17. The van der Waals surface area contributed by atoms with E-state index in [1.165, 1.54) is 5.69 Å². The molecule has 0 spiro atoms. The molecule has 1 N–H and O–H groups in total. The average molecular weight is 357 g/mol. The van der Waals surface area contributed by atoms with Gasteiger partial charge in [-0.15, -0.1) is 0 Å². The zero-order chi connectivity index (χ0) is 18.1. The van der Waals surface area contributed by atoms with E-state index < -0.39 is 0 Å². The topological polar surface area (TPSA) is 71.2 Å². The van der Waals surface area contributed by atoms with Gasteiger partial charge in [0.05, 0.1) is 35.9 Å². The van der Waals surface area contributed by atoms with Crippen LogP contribution in [-0.2, 0) is 32.7 Å². The molecule has 26 heavy (non-hydrogen) atoms. The average Bonchev–Trinajstić information content (AvgIpc) is 3.10. The van der Waals surface area contributed by atoms with Crippen molar-refractivity contribution in [1.82, 2.24) is 34.7 Å². The highest BCUT2D eigenvalue weighted by Crippen LogP contribution is 2.18. The largest absolute Gasteiger partial charge is 0.338 e. The van der Waals surface area contributed by atoms with Crippen LogP contribution in [-0.4, -0.2) is 55.0 Å². The maximum absolute atomic E-state index is 12.2. The van der Waals surface area contributed by atoms with Crippen molar-refractivity contribution in [2.45, 2.75) is 53.0 Å². The summed E-state index contributed by atoms with van der Waals surface area (Å²) in [6.45, 7) is 10.6. The Labute approximate surface area is 153 Å². The van der Waals surface area contributed by atoms with E-state index >= 15 is 0 Å². The molecule has 2 aromatic rings. The van der Waals surface area contributed by atoms with Crippen LogP contribution in [0.15, 0.2) is 12.1 Å². The van der Waals surface area contributed by atoms with Crippen LogP contribution in [0.5, 0.6) is 0 Å². The number of hydrogen-bond acceptors (Lipinski definition) is 4. The molecule has 8 heteroatoms. The van der Waals surface area contributed by atoms with Crippen LogP contribution >= 0.6 is 0 Å². The molecule has 2 amide bonds. The van der Waals surface area contributed by atoms with Crippen LogP contribution in [0.1, 0.15) is 36.1 Å². The molecule has 0 aromatic carbocycles. The first-order valence-corrected chi connectivity index (χ1v) is 9.46. The first kappa shape index (κ1) is 17.1. The second kappa shape index (κ2) is 7.11. The summed E-state index contributed by atoms with van der Waals surface area (Å²) in [5.41, 5.74) is 4.57. The number of fused-ring (bicyclic) bond motifs is 2. The van der Waals surface area contributed by atoms with E-state index in [1.807, 2.05) is 18.7 Å². The fourth-order valence-corrected chi connectivity index (χ4v) is 3.86. The van der Waals surface area contributed by atoms with Gasteiger partial charge in [0.2, 0.25) is 0 Å². The molecule has 0 bridgehead atoms. The minimum absolute atomic E-state index is 0.0170. The van der Waals surface area contributed by atoms with E-state index in [1.54, 1.807) is 0 Å². The predicted octanol–water partition coefficient (Wildman–Crippen LogP) is 1.34. The molecule has 2 aliphatic rings. The third-order valence-corrected chi connectivity index (χ3v) is 5.06. The number of nitrogens with zero attached hydrogens (tertiary/aromatic N) is 6. The molecule has 0 unspecified atom stereocenters. The number of carbonyl (C=O) groups excluding carboxylic acids is 1. The van der Waals surface area contributed by atoms with Crippen molar-refractivity contribution in [3.05, 3.63) is 34.9 Å². The third-order valence-electron chi connectivity index (χ3n) is 5.06. The maximum Gasteiger partial charge on any atom is 0.317 e. The van der Waals surface area contributed by atoms with Crippen molar-refractivity contribution < 1.29 is 4.79 Å². The van der Waals surface area contributed by atoms with Gasteiger partial charge in [0.15, 0.2) is 0 Å². The highest BCUT2D eigenvalue weighted by Gasteiger charge is 2.22. The summed E-state index contributed by atoms with van der Waals surface area (Å²) >= 11 is 0. The Bertz CT molecular complexity index is 794. The third kappa shape index (κ3) is 3.46. The van der Waals surface area contributed by atoms with E-state index in [-0.39, 0.29) is 6.03 Å². The first-order chi connectivity index (χ1) is 12.6. The number of nitrogens with one attached hydrogen (secondary N) is 1. The van der Waals surface area contributed by atoms with Crippen LogP contribution in [0.25, 0.3) is 0 Å². The van der Waals surface area contributed by atoms with Gasteiger partial charge >= 0.3 is 6.03 Å². The Morgan fingerprint density at radius 3 is 2.73 bits per heavy atom. The van der Waals surface area contributed by atoms with Gasteiger partial charge in [-0.05, 0) is 32.4 Å². The number of urea groups is 1. The Kier molecular flexibility index (Phi) is 4.67. The summed E-state index contributed by atoms with van der Waals surface area (Å²) in [6.07, 6.45) is 0.938. The van der Waals surface area contributed by atoms with Gasteiger partial charge < -0.3 is 10.2 Å². The lowest BCUT2D eigenvalue weighted by atomic mass is 10.2. The summed E-state index contributed by atoms with van der Waals surface area (Å²) in [6, 6.07) is 4.34. The van der Waals surface area contributed by atoms with Gasteiger partial charge in [0.25, 0.3) is 0 Å². The predicted molar refractivity (Wildman–Crippen MR) is 97.4 cm³/mol. The fourth-order valence-electron chi connectivity index (χ4n) is 3.86. The van der Waals surface area contributed by atoms with Crippen LogP contribution in [0.2, 0.25) is 0 Å². The summed E-state index contributed by atoms with van der Waals surface area (Å²) in [4.78, 5) is 16.5. The van der Waals surface area contributed by atoms with Crippen molar-refractivity contribution in [3.63, 3.8) is 0 Å². The normalized spacial score (nSPS) is 17.5. The molecule has 140 valence electrons. The van der Waals surface area contributed by atoms with Crippen LogP contribution in [0.4, 0.5) is 4.79 Å². The highest BCUT2D eigenvalue weighted by molar-refractivity contribution is 5.74. The van der Waals surface area contributed by atoms with E-state index in [0.717, 1.165) is 62.8 Å². The maximum atomic E-state index is 12.2. The number of rotatable bonds is 3. The number of amides is 2. The Morgan fingerprint density at radius 2 is 1.88 bits per heavy atom. The number of aryl methyl sites for hydroxylation is 2. The van der Waals surface area contributed by atoms with Crippen molar-refractivity contribution in [3.8, 4) is 0 Å². The lowest BCUT2D eigenvalue weighted by Crippen LogP contribution is -2.39. The zero-order valence-electron chi connectivity index (χ0n) is 15.6. The van der Waals surface area contributed by atoms with E-state index in [9.17, 15) is 4.79 Å². The highest BCUT2D eigenvalue weighted by atomic mass is 16.2. The molecule has 0 saturated carbocycles. The molecule has 0 radical (unpaired) electrons. The minimum atomic E-state index is 0.0170. The van der Waals surface area contributed by atoms with Crippen molar-refractivity contribution in [1.29, 1.82) is 0 Å². The van der Waals surface area contributed by atoms with Gasteiger partial charge in [-0.25, -0.2) is 4.79 Å². The lowest BCUT2D eigenvalue weighted by Gasteiger charge is -2.26. The van der Waals surface area contributed by atoms with E-state index in [4.69, 9.17) is 5.10 Å². The SMILES string of the molecule is CCNC(=O)N1CCCn2nc(CN3CCn4nc(C)cc4C3)cc2C1. The van der Waals surface area contributed by atoms with Gasteiger partial charge in [-0.1, -0.05) is 0 Å². The molecule has 2 aliphatic heterocycles. The van der Waals surface area contributed by atoms with Crippen molar-refractivity contribution >= 4 is 6.03 Å². The summed E-state index contributed by atoms with van der Waals surface area (Å²) in [7, 11) is 0. The Morgan fingerprint density at radius 1 is 1.08 bits per heavy atom. The molecule has 8 nitrogen and oxygen atoms in total. The van der Waals surface area contributed by atoms with Gasteiger partial charge in [-0.2, -0.15) is 10.2 Å². The molecule has 4 heterocycles. The summed E-state index contributed by atoms with van der Waals surface area (Å²) < 4.78 is 4.19. The number of hydrogen-bond donors (Lipinski definition) is 1. The standard InChI is InChI=1S/C18H27N7O/c1-3-19-18(26)23-5-4-6-24-17(13-23)10-15(21-24)11-22-7-8-25-16(12-22)9-14(2)20-25/h9-10H,3-8,11-13H2,1-2H3,(H,19,26). The van der Waals surface area contributed by atoms with Crippen LogP contribution in [0.3, 0.4) is 0 Å². The lowest BCUT2D eigenvalue weighted by molar-refractivity contribution is 0.196. The molecule has 2 aromatic heterocycles. The van der Waals surface area contributed by atoms with Crippen molar-refractivity contribution in [2.24, 2.45) is 0 Å². The first-order valence-electron chi connectivity index (χ1n) is 9.46. The Hall–Kier alpha value is -2.35. The smallest absolute Gasteiger partial charge is 0.317 e. The molecular weight excluding hydrogens is 330 g/mol. The van der Waals surface area contributed by atoms with Crippen LogP contribution in [0, 0.1) is 6.92 Å². The number of carbonyl (C=O) groups is 1. The Balaban J connectivity index is 1.44. The summed E-state index contributed by atoms with van der Waals surface area (Å²) in [5, 5.41) is 12.2. The minimum Gasteiger partial charge on any atom is -0.338 e. The second-order valence-electron chi connectivity index (χ2n) is 7.17. The van der Waals surface area contributed by atoms with Gasteiger partial charge in [-0.3, -0.25) is 14.3 Å². The molecular formula is C18H27N7O. The zero-order valence-corrected chi connectivity index (χ0v) is 15.6. The monoisotopic (exact) mass is 357 g/mol. The molecule has 0 saturated heterocycles. The quantitative estimate of drug-likeness (QED) is 0.900. The summed E-state index contributed by atoms with van der Waals surface area (Å²) in [5.74, 6) is 0. The van der Waals surface area contributed by atoms with Crippen molar-refractivity contribution in [2.75, 3.05) is 19.6 Å². The van der Waals surface area contributed by atoms with Crippen LogP contribution < -0.4 is 5.32 Å². The van der Waals surface area contributed by atoms with Gasteiger partial charge in [0.1, 0.15) is 0 Å². The van der Waals surface area contributed by atoms with E-state index in [2.05, 4.69) is 36.8 Å². The fraction of sp³-hybridized carbons (Fsp3) is 0.611. The molecule has 0 fully saturated rings. The molecule has 4 rings (SSSR count). The van der Waals surface area contributed by atoms with E-state index in [0.29, 0.717) is 13.1 Å².